The van der Waals surface area contributed by atoms with Crippen LogP contribution in [0.3, 0.4) is 0 Å². The van der Waals surface area contributed by atoms with E-state index >= 15 is 0 Å². The molecule has 9 heteroatoms. The highest BCUT2D eigenvalue weighted by Gasteiger charge is 2.36. The number of nitrogens with one attached hydrogen (secondary N) is 4. The molecule has 1 rings (SSSR count). The zero-order valence-electron chi connectivity index (χ0n) is 22.0. The maximum absolute atomic E-state index is 12.2. The van der Waals surface area contributed by atoms with E-state index < -0.39 is 0 Å². The molecule has 0 atom stereocenters. The van der Waals surface area contributed by atoms with Gasteiger partial charge in [-0.2, -0.15) is 0 Å². The summed E-state index contributed by atoms with van der Waals surface area (Å²) in [4.78, 5) is 48.1. The molecular weight excluding hydrogens is 446 g/mol. The lowest BCUT2D eigenvalue weighted by Crippen LogP contribution is -2.37. The van der Waals surface area contributed by atoms with Gasteiger partial charge in [-0.15, -0.1) is 12.8 Å². The summed E-state index contributed by atoms with van der Waals surface area (Å²) < 4.78 is 0. The predicted molar refractivity (Wildman–Crippen MR) is 137 cm³/mol. The number of ketones is 1. The lowest BCUT2D eigenvalue weighted by Gasteiger charge is -2.20. The van der Waals surface area contributed by atoms with Crippen molar-refractivity contribution in [1.82, 2.24) is 26.4 Å². The summed E-state index contributed by atoms with van der Waals surface area (Å²) in [7, 11) is 0. The van der Waals surface area contributed by atoms with Crippen molar-refractivity contribution in [2.45, 2.75) is 78.8 Å². The molecule has 1 heterocycles. The van der Waals surface area contributed by atoms with Gasteiger partial charge in [0.25, 0.3) is 0 Å². The summed E-state index contributed by atoms with van der Waals surface area (Å²) in [6, 6.07) is 0. The van der Waals surface area contributed by atoms with Crippen LogP contribution in [-0.2, 0) is 19.2 Å². The van der Waals surface area contributed by atoms with E-state index in [4.69, 9.17) is 12.8 Å². The van der Waals surface area contributed by atoms with E-state index in [2.05, 4.69) is 33.3 Å². The zero-order valence-corrected chi connectivity index (χ0v) is 22.0. The van der Waals surface area contributed by atoms with Gasteiger partial charge >= 0.3 is 0 Å². The SMILES string of the molecule is C#CCN(CC(=O)CCCNC(=O)CC(C)C)C(=O)CCC1(C)NN1.C#CCNC(=O)CC(C)C. The van der Waals surface area contributed by atoms with E-state index in [0.717, 1.165) is 0 Å². The number of amides is 3. The molecule has 1 fully saturated rings. The molecule has 0 aromatic heterocycles. The van der Waals surface area contributed by atoms with Gasteiger partial charge in [-0.05, 0) is 31.6 Å². The summed E-state index contributed by atoms with van der Waals surface area (Å²) in [5, 5.41) is 5.39. The summed E-state index contributed by atoms with van der Waals surface area (Å²) in [5.41, 5.74) is 5.76. The minimum atomic E-state index is -0.185. The fourth-order valence-electron chi connectivity index (χ4n) is 2.93. The van der Waals surface area contributed by atoms with Gasteiger partial charge in [0.05, 0.1) is 25.3 Å². The van der Waals surface area contributed by atoms with Crippen LogP contribution < -0.4 is 21.5 Å². The first kappa shape index (κ1) is 32.1. The second kappa shape index (κ2) is 17.5. The zero-order chi connectivity index (χ0) is 26.9. The number of rotatable bonds is 15. The number of hydrogen-bond donors (Lipinski definition) is 4. The predicted octanol–water partition coefficient (Wildman–Crippen LogP) is 1.35. The Hall–Kier alpha value is -2.88. The molecule has 4 N–H and O–H groups in total. The van der Waals surface area contributed by atoms with Crippen LogP contribution in [0.5, 0.6) is 0 Å². The van der Waals surface area contributed by atoms with E-state index in [1.807, 2.05) is 34.6 Å². The van der Waals surface area contributed by atoms with Crippen LogP contribution in [0.1, 0.15) is 73.1 Å². The van der Waals surface area contributed by atoms with Crippen molar-refractivity contribution in [3.05, 3.63) is 0 Å². The molecule has 0 bridgehead atoms. The van der Waals surface area contributed by atoms with Gasteiger partial charge in [-0.3, -0.25) is 19.2 Å². The second-order valence-electron chi connectivity index (χ2n) is 9.71. The van der Waals surface area contributed by atoms with Crippen molar-refractivity contribution < 1.29 is 19.2 Å². The van der Waals surface area contributed by atoms with Crippen LogP contribution in [0, 0.1) is 36.5 Å². The Morgan fingerprint density at radius 2 is 1.49 bits per heavy atom. The molecule has 196 valence electrons. The average molecular weight is 490 g/mol. The first-order valence-corrected chi connectivity index (χ1v) is 12.2. The maximum atomic E-state index is 12.2. The smallest absolute Gasteiger partial charge is 0.223 e. The van der Waals surface area contributed by atoms with Gasteiger partial charge in [0.15, 0.2) is 5.78 Å². The van der Waals surface area contributed by atoms with Crippen LogP contribution in [0.25, 0.3) is 0 Å². The van der Waals surface area contributed by atoms with Gasteiger partial charge < -0.3 is 15.5 Å². The monoisotopic (exact) mass is 489 g/mol. The van der Waals surface area contributed by atoms with Crippen LogP contribution in [0.2, 0.25) is 0 Å². The quantitative estimate of drug-likeness (QED) is 0.156. The van der Waals surface area contributed by atoms with Crippen LogP contribution in [0.15, 0.2) is 0 Å². The molecule has 35 heavy (non-hydrogen) atoms. The highest BCUT2D eigenvalue weighted by atomic mass is 16.2. The molecule has 0 aromatic rings. The minimum Gasteiger partial charge on any atom is -0.356 e. The lowest BCUT2D eigenvalue weighted by molar-refractivity contribution is -0.135. The fraction of sp³-hybridized carbons (Fsp3) is 0.692. The molecule has 1 aliphatic heterocycles. The van der Waals surface area contributed by atoms with E-state index in [1.165, 1.54) is 4.90 Å². The molecule has 0 unspecified atom stereocenters. The van der Waals surface area contributed by atoms with Crippen LogP contribution >= 0.6 is 0 Å². The highest BCUT2D eigenvalue weighted by Crippen LogP contribution is 2.16. The van der Waals surface area contributed by atoms with Crippen molar-refractivity contribution in [1.29, 1.82) is 0 Å². The van der Waals surface area contributed by atoms with Gasteiger partial charge in [0.1, 0.15) is 0 Å². The Kier molecular flexibility index (Phi) is 16.1. The number of nitrogens with zero attached hydrogens (tertiary/aromatic N) is 1. The Morgan fingerprint density at radius 1 is 0.914 bits per heavy atom. The van der Waals surface area contributed by atoms with Gasteiger partial charge in [-0.25, -0.2) is 10.9 Å². The third kappa shape index (κ3) is 18.2. The fourth-order valence-corrected chi connectivity index (χ4v) is 2.93. The molecular formula is C26H43N5O4. The normalized spacial score (nSPS) is 13.1. The van der Waals surface area contributed by atoms with E-state index in [0.29, 0.717) is 63.5 Å². The Morgan fingerprint density at radius 3 is 1.97 bits per heavy atom. The first-order valence-electron chi connectivity index (χ1n) is 12.2. The lowest BCUT2D eigenvalue weighted by atomic mass is 10.1. The Balaban J connectivity index is 0.000000972. The average Bonchev–Trinajstić information content (AvgIpc) is 3.50. The third-order valence-electron chi connectivity index (χ3n) is 4.92. The molecule has 0 radical (unpaired) electrons. The summed E-state index contributed by atoms with van der Waals surface area (Å²) >= 11 is 0. The Labute approximate surface area is 210 Å². The van der Waals surface area contributed by atoms with E-state index in [9.17, 15) is 19.2 Å². The number of carbonyl (C=O) groups is 4. The van der Waals surface area contributed by atoms with Gasteiger partial charge in [0, 0.05) is 32.2 Å². The number of Topliss-reactive ketones (excluding diaryl/α,β-unsaturated/α-hetero) is 1. The van der Waals surface area contributed by atoms with Crippen molar-refractivity contribution in [3.8, 4) is 24.7 Å². The highest BCUT2D eigenvalue weighted by molar-refractivity contribution is 5.86. The molecule has 1 saturated heterocycles. The molecule has 0 aromatic carbocycles. The number of hydrogen-bond acceptors (Lipinski definition) is 6. The molecule has 0 aliphatic carbocycles. The van der Waals surface area contributed by atoms with E-state index in [-0.39, 0.29) is 42.3 Å². The van der Waals surface area contributed by atoms with Crippen LogP contribution in [-0.4, -0.2) is 60.2 Å². The van der Waals surface area contributed by atoms with Crippen molar-refractivity contribution in [2.75, 3.05) is 26.2 Å². The van der Waals surface area contributed by atoms with E-state index in [1.54, 1.807) is 0 Å². The number of hydrazine groups is 1. The summed E-state index contributed by atoms with van der Waals surface area (Å²) in [5.74, 6) is 5.36. The Bertz CT molecular complexity index is 776. The molecule has 3 amide bonds. The van der Waals surface area contributed by atoms with Crippen molar-refractivity contribution in [2.24, 2.45) is 11.8 Å². The largest absolute Gasteiger partial charge is 0.356 e. The third-order valence-corrected chi connectivity index (χ3v) is 4.92. The maximum Gasteiger partial charge on any atom is 0.223 e. The summed E-state index contributed by atoms with van der Waals surface area (Å²) in [6.45, 7) is 10.9. The summed E-state index contributed by atoms with van der Waals surface area (Å²) in [6.07, 6.45) is 13.1. The topological polar surface area (TPSA) is 139 Å². The molecule has 0 spiro atoms. The molecule has 0 saturated carbocycles. The van der Waals surface area contributed by atoms with Gasteiger partial charge in [0.2, 0.25) is 17.7 Å². The van der Waals surface area contributed by atoms with Crippen molar-refractivity contribution in [3.63, 3.8) is 0 Å². The first-order chi connectivity index (χ1) is 16.4. The van der Waals surface area contributed by atoms with Crippen molar-refractivity contribution >= 4 is 23.5 Å². The second-order valence-corrected chi connectivity index (χ2v) is 9.71. The number of carbonyl (C=O) groups excluding carboxylic acids is 4. The standard InChI is InChI=1S/C18H30N4O3.C8H13NO/c1-5-11-22(17(25)8-9-18(4)20-21-18)13-15(23)7-6-10-19-16(24)12-14(2)3;1-4-5-9-8(10)6-7(2)3/h1,14,20-21H,6-13H2,2-4H3,(H,19,24);1,7H,5-6H2,2-3H3,(H,9,10). The van der Waals surface area contributed by atoms with Crippen LogP contribution in [0.4, 0.5) is 0 Å². The van der Waals surface area contributed by atoms with Gasteiger partial charge in [-0.1, -0.05) is 39.5 Å². The molecule has 1 aliphatic rings. The molecule has 9 nitrogen and oxygen atoms in total. The number of terminal acetylenes is 2. The minimum absolute atomic E-state index is 0.00220.